The van der Waals surface area contributed by atoms with E-state index in [1.165, 1.54) is 6.08 Å². The highest BCUT2D eigenvalue weighted by molar-refractivity contribution is 7.59. The van der Waals surface area contributed by atoms with Crippen molar-refractivity contribution >= 4 is 13.7 Å². The molecule has 0 bridgehead atoms. The Labute approximate surface area is 118 Å². The lowest BCUT2D eigenvalue weighted by atomic mass is 10.1. The van der Waals surface area contributed by atoms with E-state index in [9.17, 15) is 9.83 Å². The Morgan fingerprint density at radius 1 is 1.20 bits per heavy atom. The van der Waals surface area contributed by atoms with E-state index in [1.807, 2.05) is 12.1 Å². The van der Waals surface area contributed by atoms with Crippen LogP contribution in [-0.2, 0) is 13.6 Å². The first-order valence-electron chi connectivity index (χ1n) is 6.11. The van der Waals surface area contributed by atoms with Crippen molar-refractivity contribution in [1.82, 2.24) is 0 Å². The Morgan fingerprint density at radius 2 is 1.75 bits per heavy atom. The largest absolute Gasteiger partial charge is 0.371 e. The quantitative estimate of drug-likeness (QED) is 0.589. The summed E-state index contributed by atoms with van der Waals surface area (Å²) in [4.78, 5) is 0. The number of rotatable bonds is 6. The van der Waals surface area contributed by atoms with Gasteiger partial charge in [-0.25, -0.2) is 0 Å². The minimum absolute atomic E-state index is 0.0501. The highest BCUT2D eigenvalue weighted by Crippen LogP contribution is 2.56. The molecule has 0 aromatic heterocycles. The molecule has 0 fully saturated rings. The van der Waals surface area contributed by atoms with Crippen molar-refractivity contribution in [3.63, 3.8) is 0 Å². The maximum absolute atomic E-state index is 12.5. The van der Waals surface area contributed by atoms with E-state index in [4.69, 9.17) is 14.3 Å². The zero-order valence-electron chi connectivity index (χ0n) is 11.4. The first kappa shape index (κ1) is 16.1. The van der Waals surface area contributed by atoms with E-state index >= 15 is 0 Å². The van der Waals surface area contributed by atoms with E-state index in [0.717, 1.165) is 0 Å². The summed E-state index contributed by atoms with van der Waals surface area (Å²) >= 11 is 0. The average molecular weight is 290 g/mol. The molecule has 0 atom stereocenters. The SMILES string of the molecule is CCOP(=O)(OCC)C(C#N)=Cc1ccc(C#N)cc1. The van der Waals surface area contributed by atoms with Gasteiger partial charge in [0.25, 0.3) is 0 Å². The molecule has 5 nitrogen and oxygen atoms in total. The Hall–Kier alpha value is -1.91. The molecule has 20 heavy (non-hydrogen) atoms. The second-order valence-electron chi connectivity index (χ2n) is 3.71. The molecule has 1 aromatic carbocycles. The second-order valence-corrected chi connectivity index (χ2v) is 5.70. The van der Waals surface area contributed by atoms with Crippen molar-refractivity contribution in [1.29, 1.82) is 10.5 Å². The normalized spacial score (nSPS) is 11.7. The van der Waals surface area contributed by atoms with Gasteiger partial charge in [-0.15, -0.1) is 0 Å². The molecule has 1 aromatic rings. The third-order valence-electron chi connectivity index (χ3n) is 2.35. The van der Waals surface area contributed by atoms with E-state index in [2.05, 4.69) is 0 Å². The van der Waals surface area contributed by atoms with Crippen LogP contribution in [0.4, 0.5) is 0 Å². The lowest BCUT2D eigenvalue weighted by Crippen LogP contribution is -1.97. The van der Waals surface area contributed by atoms with Crippen LogP contribution in [0.5, 0.6) is 0 Å². The summed E-state index contributed by atoms with van der Waals surface area (Å²) in [6.07, 6.45) is 1.45. The molecule has 0 N–H and O–H groups in total. The summed E-state index contributed by atoms with van der Waals surface area (Å²) in [5, 5.41) is 17.8. The minimum Gasteiger partial charge on any atom is -0.305 e. The summed E-state index contributed by atoms with van der Waals surface area (Å²) in [6.45, 7) is 3.73. The van der Waals surface area contributed by atoms with Gasteiger partial charge in [0, 0.05) is 0 Å². The molecular formula is C14H15N2O3P. The number of nitrogens with zero attached hydrogens (tertiary/aromatic N) is 2. The van der Waals surface area contributed by atoms with Crippen LogP contribution in [0.25, 0.3) is 6.08 Å². The van der Waals surface area contributed by atoms with E-state index in [-0.39, 0.29) is 18.5 Å². The van der Waals surface area contributed by atoms with Crippen LogP contribution in [-0.4, -0.2) is 13.2 Å². The fourth-order valence-corrected chi connectivity index (χ4v) is 2.96. The maximum Gasteiger partial charge on any atom is 0.371 e. The van der Waals surface area contributed by atoms with Gasteiger partial charge in [-0.05, 0) is 37.6 Å². The number of allylic oxidation sites excluding steroid dienone is 1. The van der Waals surface area contributed by atoms with Gasteiger partial charge in [-0.2, -0.15) is 10.5 Å². The third kappa shape index (κ3) is 4.05. The fourth-order valence-electron chi connectivity index (χ4n) is 1.50. The molecule has 0 saturated carbocycles. The van der Waals surface area contributed by atoms with Gasteiger partial charge >= 0.3 is 7.60 Å². The molecule has 0 radical (unpaired) electrons. The van der Waals surface area contributed by atoms with Gasteiger partial charge < -0.3 is 9.05 Å². The van der Waals surface area contributed by atoms with Crippen LogP contribution in [0.15, 0.2) is 29.6 Å². The molecular weight excluding hydrogens is 275 g/mol. The van der Waals surface area contributed by atoms with Crippen LogP contribution in [0.2, 0.25) is 0 Å². The van der Waals surface area contributed by atoms with Gasteiger partial charge in [0.05, 0.1) is 24.8 Å². The second kappa shape index (κ2) is 7.62. The van der Waals surface area contributed by atoms with Crippen molar-refractivity contribution in [3.8, 4) is 12.1 Å². The molecule has 0 spiro atoms. The van der Waals surface area contributed by atoms with Crippen molar-refractivity contribution in [2.45, 2.75) is 13.8 Å². The zero-order valence-corrected chi connectivity index (χ0v) is 12.3. The number of nitriles is 2. The van der Waals surface area contributed by atoms with Crippen LogP contribution < -0.4 is 0 Å². The standard InChI is InChI=1S/C14H15N2O3P/c1-3-18-20(17,19-4-2)14(11-16)9-12-5-7-13(10-15)8-6-12/h5-9H,3-4H2,1-2H3. The first-order valence-corrected chi connectivity index (χ1v) is 7.65. The van der Waals surface area contributed by atoms with Crippen LogP contribution in [0.1, 0.15) is 25.0 Å². The fraction of sp³-hybridized carbons (Fsp3) is 0.286. The summed E-state index contributed by atoms with van der Waals surface area (Å²) in [5.41, 5.74) is 1.17. The van der Waals surface area contributed by atoms with Crippen molar-refractivity contribution in [2.24, 2.45) is 0 Å². The summed E-state index contributed by atoms with van der Waals surface area (Å²) in [6, 6.07) is 10.4. The molecule has 1 rings (SSSR count). The number of hydrogen-bond donors (Lipinski definition) is 0. The lowest BCUT2D eigenvalue weighted by Gasteiger charge is -2.15. The monoisotopic (exact) mass is 290 g/mol. The van der Waals surface area contributed by atoms with Gasteiger partial charge in [-0.3, -0.25) is 4.57 Å². The molecule has 6 heteroatoms. The van der Waals surface area contributed by atoms with Crippen molar-refractivity contribution < 1.29 is 13.6 Å². The Bertz CT molecular complexity index is 599. The van der Waals surface area contributed by atoms with Crippen molar-refractivity contribution in [2.75, 3.05) is 13.2 Å². The third-order valence-corrected chi connectivity index (χ3v) is 4.37. The molecule has 0 saturated heterocycles. The smallest absolute Gasteiger partial charge is 0.305 e. The average Bonchev–Trinajstić information content (AvgIpc) is 2.45. The summed E-state index contributed by atoms with van der Waals surface area (Å²) in [7, 11) is -3.58. The van der Waals surface area contributed by atoms with Crippen LogP contribution in [0.3, 0.4) is 0 Å². The van der Waals surface area contributed by atoms with Crippen molar-refractivity contribution in [3.05, 3.63) is 40.7 Å². The van der Waals surface area contributed by atoms with Gasteiger partial charge in [-0.1, -0.05) is 12.1 Å². The van der Waals surface area contributed by atoms with Crippen LogP contribution in [0, 0.1) is 22.7 Å². The molecule has 0 heterocycles. The molecule has 104 valence electrons. The first-order chi connectivity index (χ1) is 9.59. The van der Waals surface area contributed by atoms with E-state index < -0.39 is 7.60 Å². The summed E-state index contributed by atoms with van der Waals surface area (Å²) < 4.78 is 22.7. The molecule has 0 amide bonds. The van der Waals surface area contributed by atoms with Gasteiger partial charge in [0.15, 0.2) is 0 Å². The van der Waals surface area contributed by atoms with Gasteiger partial charge in [0.1, 0.15) is 11.4 Å². The highest BCUT2D eigenvalue weighted by Gasteiger charge is 2.29. The van der Waals surface area contributed by atoms with Gasteiger partial charge in [0.2, 0.25) is 0 Å². The minimum atomic E-state index is -3.58. The Balaban J connectivity index is 3.16. The molecule has 0 aliphatic heterocycles. The zero-order chi connectivity index (χ0) is 15.0. The van der Waals surface area contributed by atoms with E-state index in [1.54, 1.807) is 38.1 Å². The number of hydrogen-bond acceptors (Lipinski definition) is 5. The molecule has 0 aliphatic carbocycles. The molecule has 0 unspecified atom stereocenters. The highest BCUT2D eigenvalue weighted by atomic mass is 31.2. The van der Waals surface area contributed by atoms with Crippen LogP contribution >= 0.6 is 7.60 Å². The molecule has 0 aliphatic rings. The van der Waals surface area contributed by atoms with E-state index in [0.29, 0.717) is 11.1 Å². The Kier molecular flexibility index (Phi) is 6.15. The Morgan fingerprint density at radius 3 is 2.15 bits per heavy atom. The number of benzene rings is 1. The topological polar surface area (TPSA) is 83.1 Å². The lowest BCUT2D eigenvalue weighted by molar-refractivity contribution is 0.227. The predicted octanol–water partition coefficient (Wildman–Crippen LogP) is 3.69. The maximum atomic E-state index is 12.5. The predicted molar refractivity (Wildman–Crippen MR) is 75.6 cm³/mol. The summed E-state index contributed by atoms with van der Waals surface area (Å²) in [5.74, 6) is 0.